The van der Waals surface area contributed by atoms with E-state index in [2.05, 4.69) is 5.32 Å². The van der Waals surface area contributed by atoms with Crippen LogP contribution in [-0.2, 0) is 16.6 Å². The van der Waals surface area contributed by atoms with Crippen molar-refractivity contribution in [1.29, 1.82) is 0 Å². The summed E-state index contributed by atoms with van der Waals surface area (Å²) in [4.78, 5) is 36.4. The van der Waals surface area contributed by atoms with Crippen LogP contribution < -0.4 is 11.1 Å². The molecule has 1 amide bonds. The number of aliphatic hydroxyl groups is 1. The third kappa shape index (κ3) is 4.68. The summed E-state index contributed by atoms with van der Waals surface area (Å²) in [5, 5.41) is 22.2. The number of nitrogens with one attached hydrogen (secondary N) is 1. The minimum atomic E-state index is -2.43. The highest BCUT2D eigenvalue weighted by Gasteiger charge is 2.38. The van der Waals surface area contributed by atoms with Gasteiger partial charge in [0, 0.05) is 24.0 Å². The van der Waals surface area contributed by atoms with Gasteiger partial charge in [0.15, 0.2) is 12.0 Å². The molecule has 0 aliphatic rings. The summed E-state index contributed by atoms with van der Waals surface area (Å²) in [6, 6.07) is 4.76. The van der Waals surface area contributed by atoms with E-state index in [-0.39, 0.29) is 0 Å². The Hall–Kier alpha value is -2.78. The van der Waals surface area contributed by atoms with Gasteiger partial charge in [0.25, 0.3) is 5.91 Å². The normalized spacial score (nSPS) is 15.6. The average Bonchev–Trinajstić information content (AvgIpc) is 2.94. The van der Waals surface area contributed by atoms with Gasteiger partial charge in [-0.25, -0.2) is 4.39 Å². The fraction of sp³-hybridized carbons (Fsp3) is 0.476. The van der Waals surface area contributed by atoms with Crippen molar-refractivity contribution < 1.29 is 29.0 Å². The number of alkyl halides is 1. The third-order valence-corrected chi connectivity index (χ3v) is 5.26. The summed E-state index contributed by atoms with van der Waals surface area (Å²) in [5.74, 6) is -3.39. The maximum Gasteiger partial charge on any atom is 0.305 e. The number of aromatic nitrogens is 1. The highest BCUT2D eigenvalue weighted by Crippen LogP contribution is 2.25. The number of carbonyl (C=O) groups is 3. The zero-order valence-electron chi connectivity index (χ0n) is 17.4. The molecular formula is C21H28FN3O5. The quantitative estimate of drug-likeness (QED) is 0.482. The molecule has 164 valence electrons. The number of benzene rings is 1. The number of aryl methyl sites for hydroxylation is 2. The number of aliphatic hydroxyl groups excluding tert-OH is 1. The molecule has 0 aliphatic heterocycles. The van der Waals surface area contributed by atoms with Crippen molar-refractivity contribution in [1.82, 2.24) is 9.88 Å². The number of fused-ring (bicyclic) bond motifs is 1. The Morgan fingerprint density at radius 1 is 1.23 bits per heavy atom. The van der Waals surface area contributed by atoms with E-state index in [0.29, 0.717) is 5.69 Å². The number of Topliss-reactive ketones (excluding diaryl/α,β-unsaturated/α-hetero) is 1. The van der Waals surface area contributed by atoms with Gasteiger partial charge in [0.1, 0.15) is 11.8 Å². The van der Waals surface area contributed by atoms with Crippen molar-refractivity contribution in [2.75, 3.05) is 0 Å². The molecular weight excluding hydrogens is 393 g/mol. The molecule has 0 fully saturated rings. The Morgan fingerprint density at radius 3 is 2.37 bits per heavy atom. The Bertz CT molecular complexity index is 917. The molecule has 9 heteroatoms. The number of nitrogens with two attached hydrogens (primary N) is 1. The van der Waals surface area contributed by atoms with Crippen LogP contribution in [0.1, 0.15) is 36.3 Å². The van der Waals surface area contributed by atoms with E-state index in [9.17, 15) is 23.9 Å². The predicted octanol–water partition coefficient (Wildman–Crippen LogP) is 1.31. The first-order valence-electron chi connectivity index (χ1n) is 9.65. The lowest BCUT2D eigenvalue weighted by molar-refractivity contribution is -0.140. The van der Waals surface area contributed by atoms with Gasteiger partial charge < -0.3 is 25.8 Å². The molecule has 4 atom stereocenters. The number of aliphatic carboxylic acids is 1. The molecule has 30 heavy (non-hydrogen) atoms. The Kier molecular flexibility index (Phi) is 7.33. The zero-order chi connectivity index (χ0) is 22.7. The number of ketones is 1. The monoisotopic (exact) mass is 421 g/mol. The molecule has 0 aliphatic carbocycles. The second-order valence-electron chi connectivity index (χ2n) is 7.80. The van der Waals surface area contributed by atoms with E-state index < -0.39 is 54.4 Å². The van der Waals surface area contributed by atoms with Gasteiger partial charge >= 0.3 is 5.97 Å². The number of para-hydroxylation sites is 1. The number of halogens is 1. The first-order chi connectivity index (χ1) is 14.0. The first-order valence-corrected chi connectivity index (χ1v) is 9.65. The third-order valence-electron chi connectivity index (χ3n) is 5.26. The number of rotatable bonds is 9. The summed E-state index contributed by atoms with van der Waals surface area (Å²) >= 11 is 0. The Labute approximate surface area is 173 Å². The molecule has 2 aromatic rings. The van der Waals surface area contributed by atoms with Crippen molar-refractivity contribution in [3.63, 3.8) is 0 Å². The van der Waals surface area contributed by atoms with Gasteiger partial charge in [-0.15, -0.1) is 0 Å². The SMILES string of the molecule is Cc1c(C(=O)N[C@H](C(=O)C(F)C(O)C(N)CC(=O)O)C(C)C)n(C)c2ccccc12. The number of carbonyl (C=O) groups excluding carboxylic acids is 2. The van der Waals surface area contributed by atoms with Crippen molar-refractivity contribution in [3.05, 3.63) is 35.5 Å². The maximum atomic E-state index is 14.7. The maximum absolute atomic E-state index is 14.7. The smallest absolute Gasteiger partial charge is 0.305 e. The number of carboxylic acids is 1. The summed E-state index contributed by atoms with van der Waals surface area (Å²) < 4.78 is 16.4. The molecule has 0 saturated carbocycles. The number of hydrogen-bond acceptors (Lipinski definition) is 5. The molecule has 0 bridgehead atoms. The van der Waals surface area contributed by atoms with Crippen LogP contribution >= 0.6 is 0 Å². The predicted molar refractivity (Wildman–Crippen MR) is 110 cm³/mol. The first kappa shape index (κ1) is 23.5. The van der Waals surface area contributed by atoms with Crippen LogP contribution in [0.2, 0.25) is 0 Å². The largest absolute Gasteiger partial charge is 0.481 e. The minimum absolute atomic E-state index is 0.341. The van der Waals surface area contributed by atoms with Gasteiger partial charge in [-0.2, -0.15) is 0 Å². The van der Waals surface area contributed by atoms with Crippen LogP contribution in [0, 0.1) is 12.8 Å². The van der Waals surface area contributed by atoms with E-state index in [0.717, 1.165) is 16.5 Å². The summed E-state index contributed by atoms with van der Waals surface area (Å²) in [6.45, 7) is 5.05. The van der Waals surface area contributed by atoms with Crippen molar-refractivity contribution in [3.8, 4) is 0 Å². The molecule has 8 nitrogen and oxygen atoms in total. The lowest BCUT2D eigenvalue weighted by atomic mass is 9.92. The van der Waals surface area contributed by atoms with Crippen molar-refractivity contribution in [2.45, 2.75) is 51.6 Å². The summed E-state index contributed by atoms with van der Waals surface area (Å²) in [5.41, 5.74) is 7.40. The average molecular weight is 421 g/mol. The number of hydrogen-bond donors (Lipinski definition) is 4. The molecule has 0 saturated heterocycles. The molecule has 0 radical (unpaired) electrons. The molecule has 1 aromatic heterocycles. The molecule has 5 N–H and O–H groups in total. The number of carboxylic acid groups (broad SMARTS) is 1. The topological polar surface area (TPSA) is 135 Å². The van der Waals surface area contributed by atoms with Gasteiger partial charge in [-0.1, -0.05) is 32.0 Å². The van der Waals surface area contributed by atoms with Crippen molar-refractivity contribution >= 4 is 28.6 Å². The Morgan fingerprint density at radius 2 is 1.83 bits per heavy atom. The lowest BCUT2D eigenvalue weighted by Crippen LogP contribution is -2.53. The lowest BCUT2D eigenvalue weighted by Gasteiger charge is -2.26. The highest BCUT2D eigenvalue weighted by atomic mass is 19.1. The summed E-state index contributed by atoms with van der Waals surface area (Å²) in [7, 11) is 1.73. The van der Waals surface area contributed by atoms with Crippen LogP contribution in [0.25, 0.3) is 10.9 Å². The fourth-order valence-corrected chi connectivity index (χ4v) is 3.56. The van der Waals surface area contributed by atoms with Crippen LogP contribution in [0.4, 0.5) is 4.39 Å². The van der Waals surface area contributed by atoms with Gasteiger partial charge in [0.2, 0.25) is 0 Å². The molecule has 0 spiro atoms. The van der Waals surface area contributed by atoms with Gasteiger partial charge in [0.05, 0.1) is 12.5 Å². The fourth-order valence-electron chi connectivity index (χ4n) is 3.56. The minimum Gasteiger partial charge on any atom is -0.481 e. The molecule has 1 aromatic carbocycles. The van der Waals surface area contributed by atoms with Crippen LogP contribution in [-0.4, -0.2) is 56.8 Å². The van der Waals surface area contributed by atoms with E-state index >= 15 is 0 Å². The van der Waals surface area contributed by atoms with Crippen molar-refractivity contribution in [2.24, 2.45) is 18.7 Å². The zero-order valence-corrected chi connectivity index (χ0v) is 17.4. The van der Waals surface area contributed by atoms with E-state index in [1.807, 2.05) is 24.3 Å². The van der Waals surface area contributed by atoms with Crippen LogP contribution in [0.15, 0.2) is 24.3 Å². The highest BCUT2D eigenvalue weighted by molar-refractivity contribution is 6.03. The number of amides is 1. The molecule has 2 rings (SSSR count). The molecule has 1 heterocycles. The second kappa shape index (κ2) is 9.36. The van der Waals surface area contributed by atoms with Crippen LogP contribution in [0.5, 0.6) is 0 Å². The molecule has 3 unspecified atom stereocenters. The number of nitrogens with zero attached hydrogens (tertiary/aromatic N) is 1. The van der Waals surface area contributed by atoms with E-state index in [1.165, 1.54) is 0 Å². The summed E-state index contributed by atoms with van der Waals surface area (Å²) in [6.07, 6.45) is -5.12. The van der Waals surface area contributed by atoms with E-state index in [1.54, 1.807) is 32.4 Å². The van der Waals surface area contributed by atoms with Crippen LogP contribution in [0.3, 0.4) is 0 Å². The second-order valence-corrected chi connectivity index (χ2v) is 7.80. The standard InChI is InChI=1S/C21H28FN3O5/c1-10(2)17(20(29)16(22)19(28)13(23)9-15(26)27)24-21(30)18-11(3)12-7-5-6-8-14(12)25(18)4/h5-8,10,13,16-17,19,28H,9,23H2,1-4H3,(H,24,30)(H,26,27)/t13?,16?,17-,19?/m0/s1. The van der Waals surface area contributed by atoms with E-state index in [4.69, 9.17) is 10.8 Å². The van der Waals surface area contributed by atoms with Gasteiger partial charge in [-0.3, -0.25) is 14.4 Å². The van der Waals surface area contributed by atoms with Gasteiger partial charge in [-0.05, 0) is 24.5 Å². The Balaban J connectivity index is 2.26.